The second kappa shape index (κ2) is 2.80. The van der Waals surface area contributed by atoms with Crippen molar-refractivity contribution in [3.05, 3.63) is 23.8 Å². The van der Waals surface area contributed by atoms with E-state index in [1.54, 1.807) is 11.6 Å². The van der Waals surface area contributed by atoms with Gasteiger partial charge in [-0.1, -0.05) is 0 Å². The first-order valence-electron chi connectivity index (χ1n) is 3.99. The first-order chi connectivity index (χ1) is 6.65. The Balaban J connectivity index is 2.94. The molecule has 1 aromatic carbocycles. The predicted molar refractivity (Wildman–Crippen MR) is 50.5 cm³/mol. The maximum Gasteiger partial charge on any atom is 0.174 e. The van der Waals surface area contributed by atoms with Crippen LogP contribution in [0.1, 0.15) is 10.4 Å². The van der Waals surface area contributed by atoms with Gasteiger partial charge in [-0.05, 0) is 6.07 Å². The number of benzene rings is 1. The third kappa shape index (κ3) is 0.985. The summed E-state index contributed by atoms with van der Waals surface area (Å²) in [6.07, 6.45) is 2.01. The molecular weight excluding hydrogens is 185 g/mol. The molecule has 2 rings (SSSR count). The lowest BCUT2D eigenvalue weighted by Crippen LogP contribution is -1.98. The van der Waals surface area contributed by atoms with Gasteiger partial charge in [-0.3, -0.25) is 4.79 Å². The number of nitrogens with zero attached hydrogens (tertiary/aromatic N) is 2. The van der Waals surface area contributed by atoms with Crippen LogP contribution in [-0.4, -0.2) is 15.8 Å². The van der Waals surface area contributed by atoms with Crippen LogP contribution in [0.2, 0.25) is 0 Å². The Hall–Kier alpha value is -1.91. The highest BCUT2D eigenvalue weighted by Crippen LogP contribution is 2.24. The van der Waals surface area contributed by atoms with Crippen LogP contribution in [-0.2, 0) is 7.05 Å². The summed E-state index contributed by atoms with van der Waals surface area (Å²) in [5, 5.41) is 0. The van der Waals surface area contributed by atoms with Crippen molar-refractivity contribution in [3.8, 4) is 0 Å². The zero-order chi connectivity index (χ0) is 10.3. The number of rotatable bonds is 1. The van der Waals surface area contributed by atoms with Gasteiger partial charge in [0.25, 0.3) is 0 Å². The van der Waals surface area contributed by atoms with E-state index in [0.29, 0.717) is 11.8 Å². The van der Waals surface area contributed by atoms with E-state index in [9.17, 15) is 9.18 Å². The Labute approximate surface area is 79.1 Å². The Bertz CT molecular complexity index is 518. The van der Waals surface area contributed by atoms with Crippen LogP contribution in [0.15, 0.2) is 12.4 Å². The van der Waals surface area contributed by atoms with Crippen LogP contribution in [0.4, 0.5) is 10.1 Å². The molecule has 1 aromatic heterocycles. The number of hydrogen-bond donors (Lipinski definition) is 1. The largest absolute Gasteiger partial charge is 0.396 e. The monoisotopic (exact) mass is 193 g/mol. The maximum atomic E-state index is 13.5. The molecule has 0 fully saturated rings. The van der Waals surface area contributed by atoms with Crippen LogP contribution in [0.25, 0.3) is 11.0 Å². The van der Waals surface area contributed by atoms with Gasteiger partial charge in [-0.15, -0.1) is 0 Å². The molecule has 0 amide bonds. The number of carbonyl (C=O) groups is 1. The minimum atomic E-state index is -0.634. The number of carbonyl (C=O) groups excluding carboxylic acids is 1. The summed E-state index contributed by atoms with van der Waals surface area (Å²) in [5.74, 6) is -0.634. The van der Waals surface area contributed by atoms with Gasteiger partial charge in [-0.2, -0.15) is 0 Å². The van der Waals surface area contributed by atoms with Gasteiger partial charge >= 0.3 is 0 Å². The molecule has 0 aliphatic carbocycles. The molecule has 0 unspecified atom stereocenters. The van der Waals surface area contributed by atoms with Crippen LogP contribution < -0.4 is 5.73 Å². The highest BCUT2D eigenvalue weighted by molar-refractivity contribution is 5.92. The van der Waals surface area contributed by atoms with Crippen molar-refractivity contribution in [2.24, 2.45) is 7.05 Å². The van der Waals surface area contributed by atoms with E-state index in [-0.39, 0.29) is 16.8 Å². The molecule has 5 heteroatoms. The van der Waals surface area contributed by atoms with Crippen molar-refractivity contribution in [2.75, 3.05) is 5.73 Å². The number of aldehydes is 1. The molecule has 0 radical (unpaired) electrons. The summed E-state index contributed by atoms with van der Waals surface area (Å²) in [6.45, 7) is 0. The summed E-state index contributed by atoms with van der Waals surface area (Å²) in [4.78, 5) is 14.4. The Morgan fingerprint density at radius 2 is 2.36 bits per heavy atom. The zero-order valence-corrected chi connectivity index (χ0v) is 7.49. The third-order valence-electron chi connectivity index (χ3n) is 2.16. The fourth-order valence-electron chi connectivity index (χ4n) is 1.36. The van der Waals surface area contributed by atoms with Crippen LogP contribution in [0.3, 0.4) is 0 Å². The summed E-state index contributed by atoms with van der Waals surface area (Å²) < 4.78 is 15.1. The Morgan fingerprint density at radius 1 is 1.64 bits per heavy atom. The van der Waals surface area contributed by atoms with Crippen molar-refractivity contribution in [3.63, 3.8) is 0 Å². The van der Waals surface area contributed by atoms with E-state index in [2.05, 4.69) is 4.98 Å². The summed E-state index contributed by atoms with van der Waals surface area (Å²) in [7, 11) is 1.72. The first-order valence-corrected chi connectivity index (χ1v) is 3.99. The first kappa shape index (κ1) is 8.68. The van der Waals surface area contributed by atoms with Crippen molar-refractivity contribution < 1.29 is 9.18 Å². The predicted octanol–water partition coefficient (Wildman–Crippen LogP) is 1.11. The quantitative estimate of drug-likeness (QED) is 0.545. The maximum absolute atomic E-state index is 13.5. The number of aryl methyl sites for hydroxylation is 1. The van der Waals surface area contributed by atoms with Gasteiger partial charge in [-0.25, -0.2) is 9.37 Å². The number of halogens is 1. The SMILES string of the molecule is Cn1cnc2c(F)c(N)c(C=O)cc21. The van der Waals surface area contributed by atoms with Crippen molar-refractivity contribution in [2.45, 2.75) is 0 Å². The van der Waals surface area contributed by atoms with Gasteiger partial charge < -0.3 is 10.3 Å². The molecule has 0 aliphatic rings. The van der Waals surface area contributed by atoms with Gasteiger partial charge in [0.1, 0.15) is 5.52 Å². The molecule has 0 spiro atoms. The fourth-order valence-corrected chi connectivity index (χ4v) is 1.36. The molecule has 1 heterocycles. The molecule has 0 saturated carbocycles. The number of anilines is 1. The highest BCUT2D eigenvalue weighted by Gasteiger charge is 2.13. The molecule has 0 atom stereocenters. The lowest BCUT2D eigenvalue weighted by atomic mass is 10.1. The minimum absolute atomic E-state index is 0.147. The number of nitrogens with two attached hydrogens (primary N) is 1. The van der Waals surface area contributed by atoms with Crippen molar-refractivity contribution in [1.29, 1.82) is 0 Å². The number of fused-ring (bicyclic) bond motifs is 1. The second-order valence-electron chi connectivity index (χ2n) is 3.03. The van der Waals surface area contributed by atoms with Gasteiger partial charge in [0.15, 0.2) is 12.1 Å². The van der Waals surface area contributed by atoms with E-state index < -0.39 is 5.82 Å². The summed E-state index contributed by atoms with van der Waals surface area (Å²) in [6, 6.07) is 1.52. The lowest BCUT2D eigenvalue weighted by molar-refractivity contribution is 0.112. The average Bonchev–Trinajstić information content (AvgIpc) is 2.54. The van der Waals surface area contributed by atoms with E-state index in [1.807, 2.05) is 0 Å². The molecule has 0 bridgehead atoms. The van der Waals surface area contributed by atoms with Crippen LogP contribution >= 0.6 is 0 Å². The minimum Gasteiger partial charge on any atom is -0.396 e. The lowest BCUT2D eigenvalue weighted by Gasteiger charge is -2.01. The normalized spacial score (nSPS) is 10.7. The second-order valence-corrected chi connectivity index (χ2v) is 3.03. The Kier molecular flexibility index (Phi) is 1.73. The van der Waals surface area contributed by atoms with E-state index in [1.165, 1.54) is 12.4 Å². The molecule has 0 aliphatic heterocycles. The number of imidazole rings is 1. The van der Waals surface area contributed by atoms with Crippen LogP contribution in [0, 0.1) is 5.82 Å². The molecule has 14 heavy (non-hydrogen) atoms. The standard InChI is InChI=1S/C9H8FN3O/c1-13-4-12-9-6(13)2-5(3-14)8(11)7(9)10/h2-4H,11H2,1H3. The molecule has 2 aromatic rings. The molecule has 2 N–H and O–H groups in total. The van der Waals surface area contributed by atoms with Gasteiger partial charge in [0, 0.05) is 12.6 Å². The third-order valence-corrected chi connectivity index (χ3v) is 2.16. The van der Waals surface area contributed by atoms with E-state index in [4.69, 9.17) is 5.73 Å². The van der Waals surface area contributed by atoms with E-state index in [0.717, 1.165) is 0 Å². The van der Waals surface area contributed by atoms with Crippen LogP contribution in [0.5, 0.6) is 0 Å². The van der Waals surface area contributed by atoms with Gasteiger partial charge in [0.05, 0.1) is 17.5 Å². The Morgan fingerprint density at radius 3 is 3.00 bits per heavy atom. The molecular formula is C9H8FN3O. The summed E-state index contributed by atoms with van der Waals surface area (Å²) >= 11 is 0. The van der Waals surface area contributed by atoms with Crippen molar-refractivity contribution in [1.82, 2.24) is 9.55 Å². The fraction of sp³-hybridized carbons (Fsp3) is 0.111. The molecule has 0 saturated heterocycles. The number of hydrogen-bond acceptors (Lipinski definition) is 3. The highest BCUT2D eigenvalue weighted by atomic mass is 19.1. The van der Waals surface area contributed by atoms with Crippen molar-refractivity contribution >= 4 is 23.0 Å². The van der Waals surface area contributed by atoms with Gasteiger partial charge in [0.2, 0.25) is 0 Å². The molecule has 4 nitrogen and oxygen atoms in total. The van der Waals surface area contributed by atoms with E-state index >= 15 is 0 Å². The smallest absolute Gasteiger partial charge is 0.174 e. The number of nitrogen functional groups attached to an aromatic ring is 1. The molecule has 72 valence electrons. The number of aromatic nitrogens is 2. The topological polar surface area (TPSA) is 60.9 Å². The average molecular weight is 193 g/mol. The summed E-state index contributed by atoms with van der Waals surface area (Å²) in [5.41, 5.74) is 6.16. The zero-order valence-electron chi connectivity index (χ0n) is 7.49.